The molecule has 0 unspecified atom stereocenters. The molecule has 0 aliphatic rings. The van der Waals surface area contributed by atoms with Crippen LogP contribution in [0.15, 0.2) is 36.5 Å². The van der Waals surface area contributed by atoms with Crippen molar-refractivity contribution in [1.29, 1.82) is 0 Å². The molecule has 25 heavy (non-hydrogen) atoms. The van der Waals surface area contributed by atoms with E-state index in [-0.39, 0.29) is 16.8 Å². The Labute approximate surface area is 145 Å². The third kappa shape index (κ3) is 4.76. The van der Waals surface area contributed by atoms with Crippen molar-refractivity contribution in [2.75, 3.05) is 23.8 Å². The number of halogens is 1. The number of nitrogens with zero attached hydrogens (tertiary/aromatic N) is 2. The lowest BCUT2D eigenvalue weighted by Gasteiger charge is -2.20. The van der Waals surface area contributed by atoms with E-state index in [1.165, 1.54) is 36.5 Å². The van der Waals surface area contributed by atoms with E-state index in [1.807, 2.05) is 6.92 Å². The van der Waals surface area contributed by atoms with Gasteiger partial charge >= 0.3 is 5.97 Å². The number of carbonyl (C=O) groups excluding carboxylic acids is 1. The van der Waals surface area contributed by atoms with Crippen LogP contribution >= 0.6 is 0 Å². The Morgan fingerprint density at radius 3 is 2.56 bits per heavy atom. The lowest BCUT2D eigenvalue weighted by atomic mass is 10.2. The largest absolute Gasteiger partial charge is 0.478 e. The van der Waals surface area contributed by atoms with Crippen LogP contribution in [0.5, 0.6) is 0 Å². The number of hydrogen-bond acceptors (Lipinski definition) is 4. The van der Waals surface area contributed by atoms with Gasteiger partial charge in [-0.15, -0.1) is 0 Å². The van der Waals surface area contributed by atoms with Gasteiger partial charge in [-0.2, -0.15) is 0 Å². The molecule has 1 aromatic heterocycles. The second kappa shape index (κ2) is 8.23. The molecule has 2 aromatic rings. The van der Waals surface area contributed by atoms with Gasteiger partial charge in [-0.1, -0.05) is 13.3 Å². The third-order valence-electron chi connectivity index (χ3n) is 3.67. The van der Waals surface area contributed by atoms with E-state index in [0.29, 0.717) is 12.4 Å². The Morgan fingerprint density at radius 1 is 1.28 bits per heavy atom. The molecule has 7 heteroatoms. The second-order valence-electron chi connectivity index (χ2n) is 5.64. The molecule has 0 saturated carbocycles. The van der Waals surface area contributed by atoms with Crippen molar-refractivity contribution in [3.05, 3.63) is 53.5 Å². The molecule has 0 atom stereocenters. The van der Waals surface area contributed by atoms with Gasteiger partial charge in [0.15, 0.2) is 0 Å². The number of aromatic nitrogens is 1. The van der Waals surface area contributed by atoms with Crippen molar-refractivity contribution in [3.8, 4) is 0 Å². The monoisotopic (exact) mass is 345 g/mol. The SMILES string of the molecule is CCCCN(C)c1ncc(NC(=O)c2ccc(F)cc2)cc1C(=O)O. The first-order chi connectivity index (χ1) is 11.9. The number of carbonyl (C=O) groups is 2. The number of amides is 1. The lowest BCUT2D eigenvalue weighted by Crippen LogP contribution is -2.23. The zero-order valence-corrected chi connectivity index (χ0v) is 14.1. The van der Waals surface area contributed by atoms with E-state index in [4.69, 9.17) is 0 Å². The number of unbranched alkanes of at least 4 members (excludes halogenated alkanes) is 1. The highest BCUT2D eigenvalue weighted by molar-refractivity contribution is 6.05. The number of nitrogens with one attached hydrogen (secondary N) is 1. The van der Waals surface area contributed by atoms with Crippen molar-refractivity contribution >= 4 is 23.4 Å². The zero-order valence-electron chi connectivity index (χ0n) is 14.1. The summed E-state index contributed by atoms with van der Waals surface area (Å²) in [5.74, 6) is -1.68. The number of rotatable bonds is 7. The molecule has 0 aliphatic heterocycles. The van der Waals surface area contributed by atoms with Crippen LogP contribution < -0.4 is 10.2 Å². The van der Waals surface area contributed by atoms with Crippen molar-refractivity contribution < 1.29 is 19.1 Å². The normalized spacial score (nSPS) is 10.4. The summed E-state index contributed by atoms with van der Waals surface area (Å²) in [5.41, 5.74) is 0.539. The molecule has 0 radical (unpaired) electrons. The van der Waals surface area contributed by atoms with Gasteiger partial charge in [0.25, 0.3) is 5.91 Å². The average Bonchev–Trinajstić information content (AvgIpc) is 2.60. The average molecular weight is 345 g/mol. The molecule has 0 bridgehead atoms. The molecule has 1 heterocycles. The lowest BCUT2D eigenvalue weighted by molar-refractivity contribution is 0.0697. The van der Waals surface area contributed by atoms with Crippen LogP contribution in [-0.2, 0) is 0 Å². The van der Waals surface area contributed by atoms with Crippen molar-refractivity contribution in [1.82, 2.24) is 4.98 Å². The predicted molar refractivity (Wildman–Crippen MR) is 93.7 cm³/mol. The molecule has 2 rings (SSSR count). The van der Waals surface area contributed by atoms with E-state index in [1.54, 1.807) is 11.9 Å². The molecule has 1 amide bonds. The fraction of sp³-hybridized carbons (Fsp3) is 0.278. The molecular formula is C18H20FN3O3. The Balaban J connectivity index is 2.22. The van der Waals surface area contributed by atoms with Gasteiger partial charge in [0.2, 0.25) is 0 Å². The van der Waals surface area contributed by atoms with E-state index in [2.05, 4.69) is 10.3 Å². The second-order valence-corrected chi connectivity index (χ2v) is 5.64. The number of carboxylic acid groups (broad SMARTS) is 1. The minimum absolute atomic E-state index is 0.00973. The van der Waals surface area contributed by atoms with Gasteiger partial charge in [-0.3, -0.25) is 4.79 Å². The molecule has 6 nitrogen and oxygen atoms in total. The van der Waals surface area contributed by atoms with Gasteiger partial charge in [0, 0.05) is 19.2 Å². The molecule has 0 fully saturated rings. The van der Waals surface area contributed by atoms with Crippen LogP contribution in [0.3, 0.4) is 0 Å². The van der Waals surface area contributed by atoms with Crippen LogP contribution in [0.25, 0.3) is 0 Å². The van der Waals surface area contributed by atoms with Crippen molar-refractivity contribution in [3.63, 3.8) is 0 Å². The predicted octanol–water partition coefficient (Wildman–Crippen LogP) is 3.41. The first-order valence-corrected chi connectivity index (χ1v) is 7.93. The quantitative estimate of drug-likeness (QED) is 0.803. The summed E-state index contributed by atoms with van der Waals surface area (Å²) >= 11 is 0. The summed E-state index contributed by atoms with van der Waals surface area (Å²) < 4.78 is 12.9. The van der Waals surface area contributed by atoms with Crippen LogP contribution in [0.4, 0.5) is 15.9 Å². The molecule has 0 aliphatic carbocycles. The molecule has 0 spiro atoms. The van der Waals surface area contributed by atoms with Gasteiger partial charge in [0.05, 0.1) is 11.9 Å². The number of benzene rings is 1. The van der Waals surface area contributed by atoms with E-state index in [0.717, 1.165) is 12.8 Å². The van der Waals surface area contributed by atoms with Crippen molar-refractivity contribution in [2.24, 2.45) is 0 Å². The molecule has 132 valence electrons. The topological polar surface area (TPSA) is 82.5 Å². The fourth-order valence-corrected chi connectivity index (χ4v) is 2.29. The molecule has 1 aromatic carbocycles. The highest BCUT2D eigenvalue weighted by Crippen LogP contribution is 2.21. The highest BCUT2D eigenvalue weighted by atomic mass is 19.1. The summed E-state index contributed by atoms with van der Waals surface area (Å²) in [6, 6.07) is 6.43. The molecule has 0 saturated heterocycles. The Morgan fingerprint density at radius 2 is 1.96 bits per heavy atom. The van der Waals surface area contributed by atoms with E-state index < -0.39 is 17.7 Å². The van der Waals surface area contributed by atoms with Crippen LogP contribution in [0, 0.1) is 5.82 Å². The molecular weight excluding hydrogens is 325 g/mol. The van der Waals surface area contributed by atoms with Gasteiger partial charge in [-0.05, 0) is 36.8 Å². The van der Waals surface area contributed by atoms with E-state index >= 15 is 0 Å². The zero-order chi connectivity index (χ0) is 18.4. The van der Waals surface area contributed by atoms with Gasteiger partial charge in [-0.25, -0.2) is 14.2 Å². The van der Waals surface area contributed by atoms with Crippen LogP contribution in [-0.4, -0.2) is 35.6 Å². The Kier molecular flexibility index (Phi) is 6.05. The third-order valence-corrected chi connectivity index (χ3v) is 3.67. The summed E-state index contributed by atoms with van der Waals surface area (Å²) in [7, 11) is 1.78. The Bertz CT molecular complexity index is 763. The minimum Gasteiger partial charge on any atom is -0.478 e. The smallest absolute Gasteiger partial charge is 0.339 e. The standard InChI is InChI=1S/C18H20FN3O3/c1-3-4-9-22(2)16-15(18(24)25)10-14(11-20-16)21-17(23)12-5-7-13(19)8-6-12/h5-8,10-11H,3-4,9H2,1-2H3,(H,21,23)(H,24,25). The highest BCUT2D eigenvalue weighted by Gasteiger charge is 2.17. The van der Waals surface area contributed by atoms with Crippen molar-refractivity contribution in [2.45, 2.75) is 19.8 Å². The van der Waals surface area contributed by atoms with E-state index in [9.17, 15) is 19.1 Å². The maximum Gasteiger partial charge on any atom is 0.339 e. The summed E-state index contributed by atoms with van der Waals surface area (Å²) in [6.45, 7) is 2.73. The first-order valence-electron chi connectivity index (χ1n) is 7.93. The number of anilines is 2. The van der Waals surface area contributed by atoms with Crippen LogP contribution in [0.1, 0.15) is 40.5 Å². The first kappa shape index (κ1) is 18.4. The maximum atomic E-state index is 12.9. The minimum atomic E-state index is -1.12. The number of aromatic carboxylic acids is 1. The summed E-state index contributed by atoms with van der Waals surface area (Å²) in [6.07, 6.45) is 3.31. The maximum absolute atomic E-state index is 12.9. The molecule has 2 N–H and O–H groups in total. The Hall–Kier alpha value is -2.96. The summed E-state index contributed by atoms with van der Waals surface area (Å²) in [5, 5.41) is 12.0. The van der Waals surface area contributed by atoms with Gasteiger partial charge in [0.1, 0.15) is 17.2 Å². The summed E-state index contributed by atoms with van der Waals surface area (Å²) in [4.78, 5) is 29.6. The number of pyridine rings is 1. The van der Waals surface area contributed by atoms with Gasteiger partial charge < -0.3 is 15.3 Å². The number of hydrogen-bond donors (Lipinski definition) is 2. The number of carboxylic acids is 1. The van der Waals surface area contributed by atoms with Crippen LogP contribution in [0.2, 0.25) is 0 Å². The fourth-order valence-electron chi connectivity index (χ4n) is 2.29.